The Bertz CT molecular complexity index is 480. The first-order chi connectivity index (χ1) is 7.33. The maximum absolute atomic E-state index is 4.02. The van der Waals surface area contributed by atoms with Gasteiger partial charge in [0, 0.05) is 16.3 Å². The zero-order valence-corrected chi connectivity index (χ0v) is 9.40. The molecule has 0 aromatic carbocycles. The van der Waals surface area contributed by atoms with Gasteiger partial charge in [-0.05, 0) is 31.5 Å². The van der Waals surface area contributed by atoms with Gasteiger partial charge in [-0.25, -0.2) is 0 Å². The maximum Gasteiger partial charge on any atom is 0.118 e. The number of hydrogen-bond acceptors (Lipinski definition) is 3. The van der Waals surface area contributed by atoms with Gasteiger partial charge in [0.15, 0.2) is 0 Å². The standard InChI is InChI=1S/C11H13N3S/c1-7-4-8(2-3-12-7)10-5-9-6-13-14-11(9)15-10/h4-7,12H,2-3H2,1H3,(H,13,14). The van der Waals surface area contributed by atoms with E-state index < -0.39 is 0 Å². The molecule has 0 fully saturated rings. The molecule has 3 nitrogen and oxygen atoms in total. The van der Waals surface area contributed by atoms with Crippen molar-refractivity contribution >= 4 is 27.1 Å². The van der Waals surface area contributed by atoms with E-state index in [1.165, 1.54) is 20.7 Å². The lowest BCUT2D eigenvalue weighted by Gasteiger charge is -2.18. The summed E-state index contributed by atoms with van der Waals surface area (Å²) in [5.41, 5.74) is 1.47. The van der Waals surface area contributed by atoms with Crippen molar-refractivity contribution in [2.45, 2.75) is 19.4 Å². The number of aromatic amines is 1. The second-order valence-corrected chi connectivity index (χ2v) is 5.00. The molecule has 0 amide bonds. The average Bonchev–Trinajstić information content (AvgIpc) is 2.76. The van der Waals surface area contributed by atoms with Gasteiger partial charge >= 0.3 is 0 Å². The SMILES string of the molecule is CC1C=C(c2cc3cn[nH]c3s2)CCN1. The third-order valence-corrected chi connectivity index (χ3v) is 3.89. The average molecular weight is 219 g/mol. The first-order valence-corrected chi connectivity index (χ1v) is 6.02. The molecule has 4 heteroatoms. The minimum Gasteiger partial charge on any atom is -0.310 e. The molecule has 1 unspecified atom stereocenters. The highest BCUT2D eigenvalue weighted by Crippen LogP contribution is 2.31. The van der Waals surface area contributed by atoms with Gasteiger partial charge in [0.25, 0.3) is 0 Å². The van der Waals surface area contributed by atoms with Crippen molar-refractivity contribution in [3.8, 4) is 0 Å². The zero-order chi connectivity index (χ0) is 10.3. The summed E-state index contributed by atoms with van der Waals surface area (Å²) >= 11 is 1.80. The normalized spacial score (nSPS) is 21.9. The summed E-state index contributed by atoms with van der Waals surface area (Å²) in [6, 6.07) is 2.72. The lowest BCUT2D eigenvalue weighted by Crippen LogP contribution is -2.28. The van der Waals surface area contributed by atoms with E-state index in [4.69, 9.17) is 0 Å². The van der Waals surface area contributed by atoms with Crippen LogP contribution in [0.5, 0.6) is 0 Å². The fourth-order valence-electron chi connectivity index (χ4n) is 1.99. The molecular weight excluding hydrogens is 206 g/mol. The highest BCUT2D eigenvalue weighted by Gasteiger charge is 2.13. The number of hydrogen-bond donors (Lipinski definition) is 2. The summed E-state index contributed by atoms with van der Waals surface area (Å²) in [5.74, 6) is 0. The first-order valence-electron chi connectivity index (χ1n) is 5.20. The van der Waals surface area contributed by atoms with Crippen LogP contribution in [-0.4, -0.2) is 22.8 Å². The fraction of sp³-hybridized carbons (Fsp3) is 0.364. The molecule has 3 heterocycles. The molecule has 1 aliphatic rings. The van der Waals surface area contributed by atoms with Gasteiger partial charge in [-0.1, -0.05) is 6.08 Å². The third-order valence-electron chi connectivity index (χ3n) is 2.76. The van der Waals surface area contributed by atoms with E-state index in [1.54, 1.807) is 11.3 Å². The molecule has 1 aliphatic heterocycles. The molecule has 1 atom stereocenters. The quantitative estimate of drug-likeness (QED) is 0.773. The van der Waals surface area contributed by atoms with Crippen LogP contribution < -0.4 is 5.32 Å². The summed E-state index contributed by atoms with van der Waals surface area (Å²) in [6.07, 6.45) is 5.34. The van der Waals surface area contributed by atoms with Crippen LogP contribution in [-0.2, 0) is 0 Å². The Kier molecular flexibility index (Phi) is 2.11. The number of fused-ring (bicyclic) bond motifs is 1. The molecule has 0 radical (unpaired) electrons. The van der Waals surface area contributed by atoms with Crippen LogP contribution in [0.15, 0.2) is 18.3 Å². The number of rotatable bonds is 1. The van der Waals surface area contributed by atoms with Crippen LogP contribution in [0.25, 0.3) is 15.8 Å². The fourth-order valence-corrected chi connectivity index (χ4v) is 3.03. The van der Waals surface area contributed by atoms with Crippen LogP contribution in [0.2, 0.25) is 0 Å². The molecule has 0 saturated carbocycles. The summed E-state index contributed by atoms with van der Waals surface area (Å²) in [6.45, 7) is 3.28. The minimum absolute atomic E-state index is 0.493. The van der Waals surface area contributed by atoms with Gasteiger partial charge in [-0.2, -0.15) is 5.10 Å². The highest BCUT2D eigenvalue weighted by atomic mass is 32.1. The van der Waals surface area contributed by atoms with Gasteiger partial charge in [0.2, 0.25) is 0 Å². The van der Waals surface area contributed by atoms with E-state index in [9.17, 15) is 0 Å². The molecule has 15 heavy (non-hydrogen) atoms. The number of nitrogens with one attached hydrogen (secondary N) is 2. The van der Waals surface area contributed by atoms with Crippen molar-refractivity contribution in [3.63, 3.8) is 0 Å². The van der Waals surface area contributed by atoms with Gasteiger partial charge in [-0.3, -0.25) is 5.10 Å². The van der Waals surface area contributed by atoms with E-state index in [1.807, 2.05) is 6.20 Å². The summed E-state index contributed by atoms with van der Waals surface area (Å²) in [7, 11) is 0. The maximum atomic E-state index is 4.02. The zero-order valence-electron chi connectivity index (χ0n) is 8.58. The highest BCUT2D eigenvalue weighted by molar-refractivity contribution is 7.19. The van der Waals surface area contributed by atoms with E-state index in [-0.39, 0.29) is 0 Å². The van der Waals surface area contributed by atoms with Gasteiger partial charge in [0.1, 0.15) is 4.83 Å². The van der Waals surface area contributed by atoms with Crippen molar-refractivity contribution in [1.82, 2.24) is 15.5 Å². The molecule has 0 bridgehead atoms. The second-order valence-electron chi connectivity index (χ2n) is 3.95. The Morgan fingerprint density at radius 2 is 2.47 bits per heavy atom. The molecule has 3 rings (SSSR count). The molecule has 0 saturated heterocycles. The van der Waals surface area contributed by atoms with Crippen molar-refractivity contribution < 1.29 is 0 Å². The summed E-state index contributed by atoms with van der Waals surface area (Å²) < 4.78 is 0. The Balaban J connectivity index is 2.02. The van der Waals surface area contributed by atoms with Crippen LogP contribution in [0.1, 0.15) is 18.2 Å². The topological polar surface area (TPSA) is 40.7 Å². The predicted molar refractivity (Wildman–Crippen MR) is 64.0 cm³/mol. The minimum atomic E-state index is 0.493. The number of nitrogens with zero attached hydrogens (tertiary/aromatic N) is 1. The van der Waals surface area contributed by atoms with Crippen LogP contribution in [0.3, 0.4) is 0 Å². The number of thiophene rings is 1. The monoisotopic (exact) mass is 219 g/mol. The first kappa shape index (κ1) is 9.12. The van der Waals surface area contributed by atoms with E-state index in [0.29, 0.717) is 6.04 Å². The smallest absolute Gasteiger partial charge is 0.118 e. The van der Waals surface area contributed by atoms with Crippen LogP contribution in [0, 0.1) is 0 Å². The summed E-state index contributed by atoms with van der Waals surface area (Å²) in [4.78, 5) is 2.56. The van der Waals surface area contributed by atoms with Crippen molar-refractivity contribution in [3.05, 3.63) is 23.2 Å². The van der Waals surface area contributed by atoms with Crippen molar-refractivity contribution in [2.24, 2.45) is 0 Å². The van der Waals surface area contributed by atoms with Crippen molar-refractivity contribution in [1.29, 1.82) is 0 Å². The van der Waals surface area contributed by atoms with E-state index in [2.05, 4.69) is 34.6 Å². The molecule has 2 N–H and O–H groups in total. The molecule has 78 valence electrons. The number of aromatic nitrogens is 2. The Morgan fingerprint density at radius 3 is 3.27 bits per heavy atom. The van der Waals surface area contributed by atoms with Gasteiger partial charge < -0.3 is 5.32 Å². The van der Waals surface area contributed by atoms with Crippen LogP contribution in [0.4, 0.5) is 0 Å². The van der Waals surface area contributed by atoms with Gasteiger partial charge in [-0.15, -0.1) is 11.3 Å². The largest absolute Gasteiger partial charge is 0.310 e. The van der Waals surface area contributed by atoms with E-state index in [0.717, 1.165) is 13.0 Å². The summed E-state index contributed by atoms with van der Waals surface area (Å²) in [5, 5.41) is 11.7. The Hall–Kier alpha value is -1.13. The van der Waals surface area contributed by atoms with Crippen LogP contribution >= 0.6 is 11.3 Å². The second kappa shape index (κ2) is 3.47. The molecule has 2 aromatic rings. The lowest BCUT2D eigenvalue weighted by molar-refractivity contribution is 0.621. The van der Waals surface area contributed by atoms with Gasteiger partial charge in [0.05, 0.1) is 6.20 Å². The Morgan fingerprint density at radius 1 is 1.53 bits per heavy atom. The number of H-pyrrole nitrogens is 1. The molecule has 0 aliphatic carbocycles. The lowest BCUT2D eigenvalue weighted by atomic mass is 10.0. The molecule has 2 aromatic heterocycles. The predicted octanol–water partition coefficient (Wildman–Crippen LogP) is 2.39. The molecular formula is C11H13N3S. The Labute approximate surface area is 92.2 Å². The molecule has 0 spiro atoms. The van der Waals surface area contributed by atoms with Crippen molar-refractivity contribution in [2.75, 3.05) is 6.54 Å². The van der Waals surface area contributed by atoms with E-state index >= 15 is 0 Å². The third kappa shape index (κ3) is 1.60.